The predicted octanol–water partition coefficient (Wildman–Crippen LogP) is 5.27. The average Bonchev–Trinajstić information content (AvgIpc) is 2.53. The van der Waals surface area contributed by atoms with Crippen molar-refractivity contribution >= 4 is 19.7 Å². The van der Waals surface area contributed by atoms with Gasteiger partial charge in [0.05, 0.1) is 11.9 Å². The molecule has 0 saturated heterocycles. The van der Waals surface area contributed by atoms with Gasteiger partial charge in [-0.3, -0.25) is 4.79 Å². The van der Waals surface area contributed by atoms with E-state index >= 15 is 0 Å². The van der Waals surface area contributed by atoms with E-state index in [4.69, 9.17) is 0 Å². The zero-order chi connectivity index (χ0) is 19.5. The molecule has 2 aromatic rings. The molecule has 0 aliphatic heterocycles. The summed E-state index contributed by atoms with van der Waals surface area (Å²) in [5, 5.41) is 3.03. The number of aryl methyl sites for hydroxylation is 1. The number of anilines is 1. The van der Waals surface area contributed by atoms with Gasteiger partial charge in [-0.1, -0.05) is 70.6 Å². The van der Waals surface area contributed by atoms with Gasteiger partial charge >= 0.3 is 0 Å². The lowest BCUT2D eigenvalue weighted by molar-refractivity contribution is -0.123. The quantitative estimate of drug-likeness (QED) is 0.582. The van der Waals surface area contributed by atoms with Crippen molar-refractivity contribution in [3.05, 3.63) is 47.8 Å². The minimum absolute atomic E-state index is 0.0323. The molecule has 136 valence electrons. The zero-order valence-corrected chi connectivity index (χ0v) is 17.8. The van der Waals surface area contributed by atoms with Gasteiger partial charge in [-0.2, -0.15) is 0 Å². The molecule has 2 rings (SSSR count). The second-order valence-corrected chi connectivity index (χ2v) is 13.4. The van der Waals surface area contributed by atoms with E-state index < -0.39 is 13.5 Å². The zero-order valence-electron chi connectivity index (χ0n) is 16.8. The van der Waals surface area contributed by atoms with E-state index in [0.717, 1.165) is 28.1 Å². The van der Waals surface area contributed by atoms with Crippen LogP contribution in [0.1, 0.15) is 32.0 Å². The Hall–Kier alpha value is -2.38. The second-order valence-electron chi connectivity index (χ2n) is 8.63. The fourth-order valence-corrected chi connectivity index (χ4v) is 2.79. The third kappa shape index (κ3) is 5.31. The molecule has 1 aromatic carbocycles. The minimum Gasteiger partial charge on any atom is -0.324 e. The molecule has 0 aliphatic carbocycles. The molecule has 1 heterocycles. The van der Waals surface area contributed by atoms with Gasteiger partial charge in [0.25, 0.3) is 0 Å². The first-order valence-electron chi connectivity index (χ1n) is 8.88. The molecular weight excluding hydrogens is 336 g/mol. The highest BCUT2D eigenvalue weighted by Crippen LogP contribution is 2.31. The van der Waals surface area contributed by atoms with E-state index in [-0.39, 0.29) is 5.91 Å². The molecule has 0 radical (unpaired) electrons. The summed E-state index contributed by atoms with van der Waals surface area (Å²) in [6.45, 7) is 14.4. The van der Waals surface area contributed by atoms with Crippen LogP contribution in [-0.2, 0) is 4.79 Å². The number of rotatable bonds is 2. The van der Waals surface area contributed by atoms with Crippen molar-refractivity contribution in [1.29, 1.82) is 0 Å². The molecule has 0 saturated carbocycles. The molecule has 0 aliphatic rings. The fraction of sp³-hybridized carbons (Fsp3) is 0.364. The van der Waals surface area contributed by atoms with Crippen LogP contribution < -0.4 is 5.32 Å². The third-order valence-electron chi connectivity index (χ3n) is 3.83. The summed E-state index contributed by atoms with van der Waals surface area (Å²) in [6.07, 6.45) is 1.72. The summed E-state index contributed by atoms with van der Waals surface area (Å²) >= 11 is 0. The molecule has 4 heteroatoms. The maximum Gasteiger partial charge on any atom is 0.229 e. The van der Waals surface area contributed by atoms with Crippen molar-refractivity contribution < 1.29 is 4.79 Å². The number of aromatic nitrogens is 1. The highest BCUT2D eigenvalue weighted by atomic mass is 28.3. The SMILES string of the molecule is Cc1ccccc1-c1cc(C#C[Si](C)(C)C)ncc1NC(=O)C(C)(C)C. The topological polar surface area (TPSA) is 42.0 Å². The number of benzene rings is 1. The van der Waals surface area contributed by atoms with Gasteiger partial charge in [-0.25, -0.2) is 4.98 Å². The Balaban J connectivity index is 2.56. The molecule has 0 atom stereocenters. The lowest BCUT2D eigenvalue weighted by Crippen LogP contribution is -2.28. The molecule has 0 unspecified atom stereocenters. The first-order chi connectivity index (χ1) is 12.0. The molecule has 1 aromatic heterocycles. The lowest BCUT2D eigenvalue weighted by Gasteiger charge is -2.20. The Bertz CT molecular complexity index is 877. The number of nitrogens with zero attached hydrogens (tertiary/aromatic N) is 1. The van der Waals surface area contributed by atoms with E-state index in [9.17, 15) is 4.79 Å². The highest BCUT2D eigenvalue weighted by molar-refractivity contribution is 6.83. The maximum absolute atomic E-state index is 12.5. The normalized spacial score (nSPS) is 11.5. The molecule has 1 amide bonds. The summed E-state index contributed by atoms with van der Waals surface area (Å²) in [5.74, 6) is 3.18. The van der Waals surface area contributed by atoms with E-state index in [2.05, 4.69) is 60.5 Å². The number of hydrogen-bond donors (Lipinski definition) is 1. The van der Waals surface area contributed by atoms with Crippen molar-refractivity contribution in [3.63, 3.8) is 0 Å². The van der Waals surface area contributed by atoms with Gasteiger partial charge in [-0.05, 0) is 24.1 Å². The summed E-state index contributed by atoms with van der Waals surface area (Å²) < 4.78 is 0. The summed E-state index contributed by atoms with van der Waals surface area (Å²) in [6, 6.07) is 10.1. The van der Waals surface area contributed by atoms with Crippen molar-refractivity contribution in [2.75, 3.05) is 5.32 Å². The molecule has 26 heavy (non-hydrogen) atoms. The summed E-state index contributed by atoms with van der Waals surface area (Å²) in [4.78, 5) is 16.9. The van der Waals surface area contributed by atoms with Gasteiger partial charge in [0.1, 0.15) is 13.8 Å². The first-order valence-corrected chi connectivity index (χ1v) is 12.4. The van der Waals surface area contributed by atoms with Crippen LogP contribution in [0.5, 0.6) is 0 Å². The Morgan fingerprint density at radius 3 is 2.35 bits per heavy atom. The van der Waals surface area contributed by atoms with E-state index in [0.29, 0.717) is 0 Å². The average molecular weight is 365 g/mol. The van der Waals surface area contributed by atoms with Crippen LogP contribution in [0.2, 0.25) is 19.6 Å². The number of amides is 1. The third-order valence-corrected chi connectivity index (χ3v) is 4.71. The van der Waals surface area contributed by atoms with Gasteiger partial charge in [0.2, 0.25) is 5.91 Å². The van der Waals surface area contributed by atoms with Crippen LogP contribution >= 0.6 is 0 Å². The number of hydrogen-bond acceptors (Lipinski definition) is 2. The fourth-order valence-electron chi connectivity index (χ4n) is 2.28. The molecule has 0 bridgehead atoms. The Kier molecular flexibility index (Phi) is 5.73. The Morgan fingerprint density at radius 2 is 1.77 bits per heavy atom. The lowest BCUT2D eigenvalue weighted by atomic mass is 9.94. The molecule has 0 fully saturated rings. The van der Waals surface area contributed by atoms with Gasteiger partial charge < -0.3 is 5.32 Å². The standard InChI is InChI=1S/C22H28N2OSi/c1-16-10-8-9-11-18(16)19-14-17(12-13-26(5,6)7)23-15-20(19)24-21(25)22(2,3)4/h8-11,14-15H,1-7H3,(H,24,25). The highest BCUT2D eigenvalue weighted by Gasteiger charge is 2.23. The van der Waals surface area contributed by atoms with E-state index in [1.165, 1.54) is 0 Å². The van der Waals surface area contributed by atoms with Gasteiger partial charge in [0.15, 0.2) is 0 Å². The molecular formula is C22H28N2OSi. The van der Waals surface area contributed by atoms with Crippen LogP contribution in [-0.4, -0.2) is 19.0 Å². The summed E-state index contributed by atoms with van der Waals surface area (Å²) in [7, 11) is -1.48. The minimum atomic E-state index is -1.48. The van der Waals surface area contributed by atoms with E-state index in [1.807, 2.05) is 39.0 Å². The molecule has 1 N–H and O–H groups in total. The Labute approximate surface area is 158 Å². The van der Waals surface area contributed by atoms with Crippen LogP contribution in [0.25, 0.3) is 11.1 Å². The van der Waals surface area contributed by atoms with Crippen molar-refractivity contribution in [3.8, 4) is 22.6 Å². The second kappa shape index (κ2) is 7.47. The van der Waals surface area contributed by atoms with Crippen LogP contribution in [0, 0.1) is 23.8 Å². The van der Waals surface area contributed by atoms with Crippen molar-refractivity contribution in [2.45, 2.75) is 47.3 Å². The molecule has 0 spiro atoms. The van der Waals surface area contributed by atoms with E-state index in [1.54, 1.807) is 6.20 Å². The molecule has 3 nitrogen and oxygen atoms in total. The van der Waals surface area contributed by atoms with Crippen molar-refractivity contribution in [1.82, 2.24) is 4.98 Å². The first kappa shape index (κ1) is 19.9. The van der Waals surface area contributed by atoms with Crippen LogP contribution in [0.4, 0.5) is 5.69 Å². The largest absolute Gasteiger partial charge is 0.324 e. The smallest absolute Gasteiger partial charge is 0.229 e. The van der Waals surface area contributed by atoms with Gasteiger partial charge in [0, 0.05) is 11.0 Å². The number of carbonyl (C=O) groups excluding carboxylic acids is 1. The number of nitrogens with one attached hydrogen (secondary N) is 1. The number of carbonyl (C=O) groups is 1. The monoisotopic (exact) mass is 364 g/mol. The van der Waals surface area contributed by atoms with Crippen LogP contribution in [0.3, 0.4) is 0 Å². The Morgan fingerprint density at radius 1 is 1.12 bits per heavy atom. The van der Waals surface area contributed by atoms with Gasteiger partial charge in [-0.15, -0.1) is 5.54 Å². The maximum atomic E-state index is 12.5. The predicted molar refractivity (Wildman–Crippen MR) is 113 cm³/mol. The van der Waals surface area contributed by atoms with Crippen LogP contribution in [0.15, 0.2) is 36.5 Å². The summed E-state index contributed by atoms with van der Waals surface area (Å²) in [5.41, 5.74) is 7.52. The van der Waals surface area contributed by atoms with Crippen molar-refractivity contribution in [2.24, 2.45) is 5.41 Å². The number of pyridine rings is 1.